The molecule has 0 radical (unpaired) electrons. The lowest BCUT2D eigenvalue weighted by Gasteiger charge is -2.33. The second kappa shape index (κ2) is 6.38. The highest BCUT2D eigenvalue weighted by atomic mass is 16.7. The monoisotopic (exact) mass is 326 g/mol. The number of rotatable bonds is 5. The van der Waals surface area contributed by atoms with Gasteiger partial charge in [-0.3, -0.25) is 4.79 Å². The quantitative estimate of drug-likeness (QED) is 0.912. The first-order valence-electron chi connectivity index (χ1n) is 8.10. The Labute approximate surface area is 142 Å². The number of carboxylic acid groups (broad SMARTS) is 1. The molecule has 1 saturated heterocycles. The van der Waals surface area contributed by atoms with E-state index in [0.717, 1.165) is 11.1 Å². The molecule has 24 heavy (non-hydrogen) atoms. The van der Waals surface area contributed by atoms with Crippen molar-refractivity contribution in [3.63, 3.8) is 0 Å². The highest BCUT2D eigenvalue weighted by Gasteiger charge is 2.47. The molecule has 1 heterocycles. The van der Waals surface area contributed by atoms with Gasteiger partial charge in [-0.05, 0) is 25.0 Å². The number of benzene rings is 2. The molecule has 1 atom stereocenters. The molecule has 4 heteroatoms. The SMILES string of the molecule is CC1(C)OC[C@@H](CC(C(=O)O)(c2ccccc2)c2ccccc2)O1. The molecule has 0 saturated carbocycles. The van der Waals surface area contributed by atoms with E-state index < -0.39 is 17.2 Å². The molecule has 0 aromatic heterocycles. The Hall–Kier alpha value is -2.17. The van der Waals surface area contributed by atoms with Crippen molar-refractivity contribution in [1.82, 2.24) is 0 Å². The highest BCUT2D eigenvalue weighted by Crippen LogP contribution is 2.40. The average Bonchev–Trinajstić information content (AvgIpc) is 2.92. The molecule has 1 N–H and O–H groups in total. The fraction of sp³-hybridized carbons (Fsp3) is 0.350. The molecule has 1 aliphatic rings. The summed E-state index contributed by atoms with van der Waals surface area (Å²) in [6.07, 6.45) is 0.0382. The average molecular weight is 326 g/mol. The number of hydrogen-bond donors (Lipinski definition) is 1. The first kappa shape index (κ1) is 16.7. The summed E-state index contributed by atoms with van der Waals surface area (Å²) in [5.41, 5.74) is 0.325. The summed E-state index contributed by atoms with van der Waals surface area (Å²) in [5.74, 6) is -1.56. The molecule has 0 amide bonds. The van der Waals surface area contributed by atoms with E-state index in [1.54, 1.807) is 0 Å². The maximum Gasteiger partial charge on any atom is 0.318 e. The van der Waals surface area contributed by atoms with Crippen molar-refractivity contribution in [2.75, 3.05) is 6.61 Å². The van der Waals surface area contributed by atoms with Gasteiger partial charge in [-0.15, -0.1) is 0 Å². The van der Waals surface area contributed by atoms with E-state index in [1.165, 1.54) is 0 Å². The van der Waals surface area contributed by atoms with Crippen LogP contribution in [0.25, 0.3) is 0 Å². The lowest BCUT2D eigenvalue weighted by atomic mass is 9.71. The van der Waals surface area contributed by atoms with Crippen LogP contribution < -0.4 is 0 Å². The van der Waals surface area contributed by atoms with E-state index >= 15 is 0 Å². The molecule has 4 nitrogen and oxygen atoms in total. The fourth-order valence-electron chi connectivity index (χ4n) is 3.39. The molecule has 126 valence electrons. The van der Waals surface area contributed by atoms with Crippen LogP contribution in [0.4, 0.5) is 0 Å². The van der Waals surface area contributed by atoms with Crippen LogP contribution in [0.1, 0.15) is 31.4 Å². The Morgan fingerprint density at radius 3 is 1.96 bits per heavy atom. The van der Waals surface area contributed by atoms with Gasteiger partial charge in [0.1, 0.15) is 5.41 Å². The van der Waals surface area contributed by atoms with Gasteiger partial charge in [-0.2, -0.15) is 0 Å². The number of hydrogen-bond acceptors (Lipinski definition) is 3. The third-order valence-corrected chi connectivity index (χ3v) is 4.50. The van der Waals surface area contributed by atoms with Crippen LogP contribution in [0.2, 0.25) is 0 Å². The molecule has 2 aromatic rings. The minimum atomic E-state index is -1.17. The van der Waals surface area contributed by atoms with Gasteiger partial charge >= 0.3 is 5.97 Å². The van der Waals surface area contributed by atoms with Crippen molar-refractivity contribution < 1.29 is 19.4 Å². The van der Waals surface area contributed by atoms with Crippen molar-refractivity contribution in [2.45, 2.75) is 37.6 Å². The van der Waals surface area contributed by atoms with Crippen LogP contribution in [0.15, 0.2) is 60.7 Å². The second-order valence-corrected chi connectivity index (χ2v) is 6.60. The third-order valence-electron chi connectivity index (χ3n) is 4.50. The topological polar surface area (TPSA) is 55.8 Å². The first-order valence-corrected chi connectivity index (χ1v) is 8.10. The zero-order chi connectivity index (χ0) is 17.2. The van der Waals surface area contributed by atoms with Gasteiger partial charge in [0.2, 0.25) is 0 Å². The van der Waals surface area contributed by atoms with Crippen LogP contribution >= 0.6 is 0 Å². The van der Waals surface area contributed by atoms with Gasteiger partial charge in [0.05, 0.1) is 12.7 Å². The van der Waals surface area contributed by atoms with E-state index in [1.807, 2.05) is 74.5 Å². The number of aliphatic carboxylic acids is 1. The van der Waals surface area contributed by atoms with Crippen LogP contribution in [-0.2, 0) is 19.7 Å². The van der Waals surface area contributed by atoms with Gasteiger partial charge in [0.15, 0.2) is 5.79 Å². The van der Waals surface area contributed by atoms with Gasteiger partial charge in [-0.1, -0.05) is 60.7 Å². The Morgan fingerprint density at radius 2 is 1.58 bits per heavy atom. The van der Waals surface area contributed by atoms with Gasteiger partial charge in [0.25, 0.3) is 0 Å². The maximum atomic E-state index is 12.5. The molecular formula is C20H22O4. The van der Waals surface area contributed by atoms with E-state index in [-0.39, 0.29) is 6.10 Å². The summed E-state index contributed by atoms with van der Waals surface area (Å²) >= 11 is 0. The zero-order valence-electron chi connectivity index (χ0n) is 13.9. The Kier molecular flexibility index (Phi) is 4.43. The number of ether oxygens (including phenoxy) is 2. The van der Waals surface area contributed by atoms with Crippen molar-refractivity contribution in [3.8, 4) is 0 Å². The Morgan fingerprint density at radius 1 is 1.08 bits per heavy atom. The van der Waals surface area contributed by atoms with Crippen LogP contribution in [0.3, 0.4) is 0 Å². The van der Waals surface area contributed by atoms with E-state index in [9.17, 15) is 9.90 Å². The lowest BCUT2D eigenvalue weighted by Crippen LogP contribution is -2.41. The smallest absolute Gasteiger partial charge is 0.318 e. The molecule has 1 fully saturated rings. The molecule has 2 aromatic carbocycles. The van der Waals surface area contributed by atoms with Crippen LogP contribution in [-0.4, -0.2) is 29.6 Å². The fourth-order valence-corrected chi connectivity index (χ4v) is 3.39. The van der Waals surface area contributed by atoms with Gasteiger partial charge in [-0.25, -0.2) is 0 Å². The first-order chi connectivity index (χ1) is 11.4. The Balaban J connectivity index is 2.08. The van der Waals surface area contributed by atoms with Gasteiger partial charge < -0.3 is 14.6 Å². The summed E-state index contributed by atoms with van der Waals surface area (Å²) in [6.45, 7) is 4.09. The number of carbonyl (C=O) groups is 1. The van der Waals surface area contributed by atoms with E-state index in [0.29, 0.717) is 13.0 Å². The maximum absolute atomic E-state index is 12.5. The van der Waals surface area contributed by atoms with Crippen LogP contribution in [0, 0.1) is 0 Å². The third kappa shape index (κ3) is 3.07. The van der Waals surface area contributed by atoms with E-state index in [2.05, 4.69) is 0 Å². The summed E-state index contributed by atoms with van der Waals surface area (Å²) in [5, 5.41) is 10.2. The van der Waals surface area contributed by atoms with Crippen molar-refractivity contribution >= 4 is 5.97 Å². The molecule has 0 aliphatic carbocycles. The van der Waals surface area contributed by atoms with Crippen molar-refractivity contribution in [1.29, 1.82) is 0 Å². The molecular weight excluding hydrogens is 304 g/mol. The largest absolute Gasteiger partial charge is 0.480 e. The molecule has 1 aliphatic heterocycles. The van der Waals surface area contributed by atoms with Crippen molar-refractivity contribution in [2.24, 2.45) is 0 Å². The normalized spacial score (nSPS) is 20.0. The highest BCUT2D eigenvalue weighted by molar-refractivity contribution is 5.86. The second-order valence-electron chi connectivity index (χ2n) is 6.60. The summed E-state index contributed by atoms with van der Waals surface area (Å²) in [4.78, 5) is 12.5. The van der Waals surface area contributed by atoms with Crippen LogP contribution in [0.5, 0.6) is 0 Å². The Bertz CT molecular complexity index is 655. The molecule has 0 unspecified atom stereocenters. The molecule has 3 rings (SSSR count). The zero-order valence-corrected chi connectivity index (χ0v) is 13.9. The lowest BCUT2D eigenvalue weighted by molar-refractivity contribution is -0.150. The predicted octanol–water partition coefficient (Wildman–Crippen LogP) is 3.60. The standard InChI is InChI=1S/C20H22O4/c1-19(2)23-14-17(24-19)13-20(18(21)22,15-9-5-3-6-10-15)16-11-7-4-8-12-16/h3-12,17H,13-14H2,1-2H3,(H,21,22)/t17-/m1/s1. The van der Waals surface area contributed by atoms with E-state index in [4.69, 9.17) is 9.47 Å². The molecule has 0 spiro atoms. The summed E-state index contributed by atoms with van der Waals surface area (Å²) < 4.78 is 11.5. The summed E-state index contributed by atoms with van der Waals surface area (Å²) in [6, 6.07) is 18.7. The van der Waals surface area contributed by atoms with Gasteiger partial charge in [0, 0.05) is 6.42 Å². The minimum Gasteiger partial charge on any atom is -0.480 e. The molecule has 0 bridgehead atoms. The number of carboxylic acids is 1. The predicted molar refractivity (Wildman–Crippen MR) is 90.8 cm³/mol. The van der Waals surface area contributed by atoms with Crippen molar-refractivity contribution in [3.05, 3.63) is 71.8 Å². The summed E-state index contributed by atoms with van der Waals surface area (Å²) in [7, 11) is 0. The minimum absolute atomic E-state index is 0.281.